The lowest BCUT2D eigenvalue weighted by molar-refractivity contribution is -0.0281. The average molecular weight is 283 g/mol. The number of hydrogen-bond donors (Lipinski definition) is 2. The predicted molar refractivity (Wildman–Crippen MR) is 82.8 cm³/mol. The first kappa shape index (κ1) is 16.3. The molecular formula is C17H33NO2. The topological polar surface area (TPSA) is 41.5 Å². The standard InChI is InChI=1S/C17H33NO2/c1-13(2)17(8-9-17)12-18-10-15(19)11-20-16-6-4-14(3)5-7-16/h13-16,18-19H,4-12H2,1-3H3. The largest absolute Gasteiger partial charge is 0.389 e. The fourth-order valence-electron chi connectivity index (χ4n) is 3.31. The van der Waals surface area contributed by atoms with Crippen LogP contribution in [0.1, 0.15) is 59.3 Å². The highest BCUT2D eigenvalue weighted by Crippen LogP contribution is 2.51. The van der Waals surface area contributed by atoms with Crippen molar-refractivity contribution < 1.29 is 9.84 Å². The molecule has 3 nitrogen and oxygen atoms in total. The fraction of sp³-hybridized carbons (Fsp3) is 1.00. The highest BCUT2D eigenvalue weighted by molar-refractivity contribution is 4.97. The van der Waals surface area contributed by atoms with Crippen LogP contribution >= 0.6 is 0 Å². The van der Waals surface area contributed by atoms with Gasteiger partial charge in [0, 0.05) is 13.1 Å². The Labute approximate surface area is 124 Å². The normalized spacial score (nSPS) is 30.4. The Balaban J connectivity index is 1.53. The molecule has 0 aromatic carbocycles. The highest BCUT2D eigenvalue weighted by Gasteiger charge is 2.44. The van der Waals surface area contributed by atoms with Crippen LogP contribution < -0.4 is 5.32 Å². The summed E-state index contributed by atoms with van der Waals surface area (Å²) in [5, 5.41) is 13.4. The van der Waals surface area contributed by atoms with Crippen molar-refractivity contribution in [1.29, 1.82) is 0 Å². The van der Waals surface area contributed by atoms with Gasteiger partial charge in [-0.1, -0.05) is 20.8 Å². The van der Waals surface area contributed by atoms with Gasteiger partial charge in [-0.2, -0.15) is 0 Å². The number of rotatable bonds is 8. The molecule has 1 unspecified atom stereocenters. The van der Waals surface area contributed by atoms with Gasteiger partial charge in [-0.05, 0) is 55.8 Å². The monoisotopic (exact) mass is 283 g/mol. The number of hydrogen-bond acceptors (Lipinski definition) is 3. The van der Waals surface area contributed by atoms with Gasteiger partial charge in [0.15, 0.2) is 0 Å². The number of aliphatic hydroxyl groups excluding tert-OH is 1. The van der Waals surface area contributed by atoms with E-state index in [2.05, 4.69) is 26.1 Å². The van der Waals surface area contributed by atoms with Gasteiger partial charge in [-0.3, -0.25) is 0 Å². The molecule has 3 heteroatoms. The summed E-state index contributed by atoms with van der Waals surface area (Å²) in [5.74, 6) is 1.60. The van der Waals surface area contributed by atoms with Crippen LogP contribution in [0.3, 0.4) is 0 Å². The number of nitrogens with one attached hydrogen (secondary N) is 1. The molecule has 2 rings (SSSR count). The van der Waals surface area contributed by atoms with E-state index >= 15 is 0 Å². The van der Waals surface area contributed by atoms with E-state index in [1.807, 2.05) is 0 Å². The molecule has 2 saturated carbocycles. The molecule has 0 saturated heterocycles. The maximum Gasteiger partial charge on any atom is 0.0897 e. The second-order valence-corrected chi connectivity index (χ2v) is 7.52. The Morgan fingerprint density at radius 3 is 2.40 bits per heavy atom. The van der Waals surface area contributed by atoms with Crippen LogP contribution in [0.25, 0.3) is 0 Å². The Bertz CT molecular complexity index is 281. The van der Waals surface area contributed by atoms with Gasteiger partial charge in [0.25, 0.3) is 0 Å². The first-order valence-electron chi connectivity index (χ1n) is 8.52. The van der Waals surface area contributed by atoms with E-state index in [9.17, 15) is 5.11 Å². The third-order valence-corrected chi connectivity index (χ3v) is 5.46. The summed E-state index contributed by atoms with van der Waals surface area (Å²) >= 11 is 0. The number of ether oxygens (including phenoxy) is 1. The molecule has 0 aromatic rings. The van der Waals surface area contributed by atoms with Crippen LogP contribution in [0.5, 0.6) is 0 Å². The van der Waals surface area contributed by atoms with Crippen LogP contribution in [0.2, 0.25) is 0 Å². The van der Waals surface area contributed by atoms with E-state index < -0.39 is 0 Å². The Hall–Kier alpha value is -0.120. The molecule has 1 atom stereocenters. The quantitative estimate of drug-likeness (QED) is 0.719. The van der Waals surface area contributed by atoms with E-state index in [1.165, 1.54) is 25.7 Å². The van der Waals surface area contributed by atoms with Crippen molar-refractivity contribution in [2.45, 2.75) is 71.5 Å². The Morgan fingerprint density at radius 2 is 1.85 bits per heavy atom. The summed E-state index contributed by atoms with van der Waals surface area (Å²) in [6, 6.07) is 0. The van der Waals surface area contributed by atoms with E-state index in [1.54, 1.807) is 0 Å². The molecule has 20 heavy (non-hydrogen) atoms. The fourth-order valence-corrected chi connectivity index (χ4v) is 3.31. The van der Waals surface area contributed by atoms with Gasteiger partial charge >= 0.3 is 0 Å². The van der Waals surface area contributed by atoms with Gasteiger partial charge in [0.05, 0.1) is 18.8 Å². The summed E-state index contributed by atoms with van der Waals surface area (Å²) < 4.78 is 5.85. The molecule has 0 heterocycles. The van der Waals surface area contributed by atoms with Gasteiger partial charge in [-0.25, -0.2) is 0 Å². The van der Waals surface area contributed by atoms with Crippen LogP contribution in [-0.4, -0.2) is 37.0 Å². The second-order valence-electron chi connectivity index (χ2n) is 7.52. The second kappa shape index (κ2) is 7.24. The van der Waals surface area contributed by atoms with Crippen LogP contribution in [0, 0.1) is 17.3 Å². The molecule has 2 fully saturated rings. The lowest BCUT2D eigenvalue weighted by atomic mass is 9.89. The highest BCUT2D eigenvalue weighted by atomic mass is 16.5. The van der Waals surface area contributed by atoms with Crippen molar-refractivity contribution in [2.24, 2.45) is 17.3 Å². The van der Waals surface area contributed by atoms with E-state index in [-0.39, 0.29) is 6.10 Å². The van der Waals surface area contributed by atoms with Crippen molar-refractivity contribution >= 4 is 0 Å². The summed E-state index contributed by atoms with van der Waals surface area (Å²) in [5.41, 5.74) is 0.514. The Kier molecular flexibility index (Phi) is 5.88. The first-order chi connectivity index (χ1) is 9.52. The molecule has 0 aliphatic heterocycles. The number of aliphatic hydroxyl groups is 1. The molecule has 0 aromatic heterocycles. The molecule has 0 bridgehead atoms. The average Bonchev–Trinajstić information content (AvgIpc) is 3.19. The lowest BCUT2D eigenvalue weighted by Crippen LogP contribution is -2.36. The van der Waals surface area contributed by atoms with E-state index in [0.717, 1.165) is 31.2 Å². The minimum Gasteiger partial charge on any atom is -0.389 e. The third kappa shape index (κ3) is 4.71. The molecule has 2 aliphatic rings. The lowest BCUT2D eigenvalue weighted by Gasteiger charge is -2.27. The zero-order valence-corrected chi connectivity index (χ0v) is 13.5. The summed E-state index contributed by atoms with van der Waals surface area (Å²) in [6.45, 7) is 9.12. The summed E-state index contributed by atoms with van der Waals surface area (Å²) in [4.78, 5) is 0. The molecular weight excluding hydrogens is 250 g/mol. The molecule has 2 N–H and O–H groups in total. The van der Waals surface area contributed by atoms with Crippen molar-refractivity contribution in [2.75, 3.05) is 19.7 Å². The zero-order valence-electron chi connectivity index (χ0n) is 13.5. The zero-order chi connectivity index (χ0) is 14.6. The molecule has 118 valence electrons. The van der Waals surface area contributed by atoms with Gasteiger partial charge in [-0.15, -0.1) is 0 Å². The first-order valence-corrected chi connectivity index (χ1v) is 8.52. The van der Waals surface area contributed by atoms with E-state index in [4.69, 9.17) is 4.74 Å². The van der Waals surface area contributed by atoms with Crippen LogP contribution in [0.15, 0.2) is 0 Å². The molecule has 0 radical (unpaired) electrons. The van der Waals surface area contributed by atoms with Gasteiger partial charge in [0.2, 0.25) is 0 Å². The molecule has 2 aliphatic carbocycles. The Morgan fingerprint density at radius 1 is 1.20 bits per heavy atom. The molecule has 0 spiro atoms. The minimum atomic E-state index is -0.364. The smallest absolute Gasteiger partial charge is 0.0897 e. The summed E-state index contributed by atoms with van der Waals surface area (Å²) in [7, 11) is 0. The molecule has 0 amide bonds. The van der Waals surface area contributed by atoms with Gasteiger partial charge < -0.3 is 15.2 Å². The van der Waals surface area contributed by atoms with Crippen molar-refractivity contribution in [1.82, 2.24) is 5.32 Å². The third-order valence-electron chi connectivity index (χ3n) is 5.46. The van der Waals surface area contributed by atoms with Gasteiger partial charge in [0.1, 0.15) is 0 Å². The minimum absolute atomic E-state index is 0.364. The van der Waals surface area contributed by atoms with Crippen molar-refractivity contribution in [3.63, 3.8) is 0 Å². The SMILES string of the molecule is CC1CCC(OCC(O)CNCC2(C(C)C)CC2)CC1. The predicted octanol–water partition coefficient (Wildman–Crippen LogP) is 2.97. The van der Waals surface area contributed by atoms with E-state index in [0.29, 0.717) is 24.7 Å². The maximum absolute atomic E-state index is 10.0. The summed E-state index contributed by atoms with van der Waals surface area (Å²) in [6.07, 6.45) is 7.57. The van der Waals surface area contributed by atoms with Crippen LogP contribution in [-0.2, 0) is 4.74 Å². The maximum atomic E-state index is 10.0. The van der Waals surface area contributed by atoms with Crippen molar-refractivity contribution in [3.8, 4) is 0 Å². The van der Waals surface area contributed by atoms with Crippen molar-refractivity contribution in [3.05, 3.63) is 0 Å². The van der Waals surface area contributed by atoms with Crippen LogP contribution in [0.4, 0.5) is 0 Å².